The van der Waals surface area contributed by atoms with Gasteiger partial charge >= 0.3 is 0 Å². The molecule has 8 nitrogen and oxygen atoms in total. The smallest absolute Gasteiger partial charge is 0.222 e. The Labute approximate surface area is 117 Å². The van der Waals surface area contributed by atoms with Crippen molar-refractivity contribution in [2.45, 2.75) is 13.5 Å². The fourth-order valence-corrected chi connectivity index (χ4v) is 2.39. The highest BCUT2D eigenvalue weighted by Crippen LogP contribution is 2.16. The number of anilines is 2. The fraction of sp³-hybridized carbons (Fsp3) is 0.500. The topological polar surface area (TPSA) is 99.9 Å². The van der Waals surface area contributed by atoms with Gasteiger partial charge in [0.15, 0.2) is 0 Å². The number of aryl methyl sites for hydroxylation is 1. The van der Waals surface area contributed by atoms with Gasteiger partial charge in [0.2, 0.25) is 5.95 Å². The molecule has 0 bridgehead atoms. The van der Waals surface area contributed by atoms with E-state index in [0.29, 0.717) is 5.95 Å². The molecule has 1 aliphatic rings. The minimum absolute atomic E-state index is 0.337. The van der Waals surface area contributed by atoms with E-state index in [0.717, 1.165) is 50.1 Å². The molecule has 3 rings (SSSR count). The zero-order valence-corrected chi connectivity index (χ0v) is 11.5. The summed E-state index contributed by atoms with van der Waals surface area (Å²) >= 11 is 0. The standard InChI is InChI=1S/C12H18N8/c1-9-6-11(17-12(13)16-9)20-4-2-19(3-5-20)7-10-14-8-15-18-10/h6,8H,2-5,7H2,1H3,(H2,13,16,17)(H,14,15,18). The first-order chi connectivity index (χ1) is 9.70. The minimum Gasteiger partial charge on any atom is -0.368 e. The first-order valence-corrected chi connectivity index (χ1v) is 6.63. The van der Waals surface area contributed by atoms with Crippen molar-refractivity contribution in [2.24, 2.45) is 0 Å². The van der Waals surface area contributed by atoms with E-state index in [1.165, 1.54) is 6.33 Å². The number of hydrogen-bond acceptors (Lipinski definition) is 7. The van der Waals surface area contributed by atoms with Crippen molar-refractivity contribution < 1.29 is 0 Å². The molecule has 0 aromatic carbocycles. The molecule has 0 spiro atoms. The largest absolute Gasteiger partial charge is 0.368 e. The third-order valence-corrected chi connectivity index (χ3v) is 3.39. The summed E-state index contributed by atoms with van der Waals surface area (Å²) in [4.78, 5) is 17.1. The quantitative estimate of drug-likeness (QED) is 0.800. The van der Waals surface area contributed by atoms with E-state index in [9.17, 15) is 0 Å². The molecule has 8 heteroatoms. The molecule has 0 atom stereocenters. The summed E-state index contributed by atoms with van der Waals surface area (Å²) in [5.41, 5.74) is 6.60. The van der Waals surface area contributed by atoms with Gasteiger partial charge in [-0.3, -0.25) is 10.00 Å². The molecular weight excluding hydrogens is 256 g/mol. The van der Waals surface area contributed by atoms with Crippen LogP contribution in [0.2, 0.25) is 0 Å². The minimum atomic E-state index is 0.337. The van der Waals surface area contributed by atoms with Crippen LogP contribution >= 0.6 is 0 Å². The molecule has 3 N–H and O–H groups in total. The van der Waals surface area contributed by atoms with Crippen molar-refractivity contribution in [2.75, 3.05) is 36.8 Å². The number of nitrogens with one attached hydrogen (secondary N) is 1. The van der Waals surface area contributed by atoms with E-state index >= 15 is 0 Å². The van der Waals surface area contributed by atoms with Gasteiger partial charge in [-0.05, 0) is 6.92 Å². The maximum atomic E-state index is 5.71. The van der Waals surface area contributed by atoms with Crippen molar-refractivity contribution >= 4 is 11.8 Å². The van der Waals surface area contributed by atoms with E-state index < -0.39 is 0 Å². The zero-order chi connectivity index (χ0) is 13.9. The van der Waals surface area contributed by atoms with Crippen LogP contribution < -0.4 is 10.6 Å². The first kappa shape index (κ1) is 12.8. The fourth-order valence-electron chi connectivity index (χ4n) is 2.39. The van der Waals surface area contributed by atoms with Crippen LogP contribution in [0, 0.1) is 6.92 Å². The highest BCUT2D eigenvalue weighted by molar-refractivity contribution is 5.43. The second-order valence-electron chi connectivity index (χ2n) is 4.92. The number of nitrogen functional groups attached to an aromatic ring is 1. The Morgan fingerprint density at radius 3 is 2.70 bits per heavy atom. The molecule has 1 saturated heterocycles. The van der Waals surface area contributed by atoms with E-state index in [-0.39, 0.29) is 0 Å². The van der Waals surface area contributed by atoms with Gasteiger partial charge in [0, 0.05) is 37.9 Å². The highest BCUT2D eigenvalue weighted by Gasteiger charge is 2.19. The Morgan fingerprint density at radius 2 is 2.05 bits per heavy atom. The number of aromatic amines is 1. The van der Waals surface area contributed by atoms with Crippen LogP contribution in [0.15, 0.2) is 12.4 Å². The van der Waals surface area contributed by atoms with E-state index in [2.05, 4.69) is 34.9 Å². The Hall–Kier alpha value is -2.22. The average Bonchev–Trinajstić information content (AvgIpc) is 2.91. The van der Waals surface area contributed by atoms with E-state index in [4.69, 9.17) is 5.73 Å². The molecular formula is C12H18N8. The van der Waals surface area contributed by atoms with Gasteiger partial charge in [-0.2, -0.15) is 10.1 Å². The molecule has 0 unspecified atom stereocenters. The molecule has 3 heterocycles. The Balaban J connectivity index is 1.60. The SMILES string of the molecule is Cc1cc(N2CCN(Cc3ncn[nH]3)CC2)nc(N)n1. The van der Waals surface area contributed by atoms with Crippen molar-refractivity contribution in [1.29, 1.82) is 0 Å². The zero-order valence-electron chi connectivity index (χ0n) is 11.5. The Morgan fingerprint density at radius 1 is 1.25 bits per heavy atom. The molecule has 0 aliphatic carbocycles. The number of nitrogens with two attached hydrogens (primary N) is 1. The Bertz CT molecular complexity index is 539. The number of nitrogens with zero attached hydrogens (tertiary/aromatic N) is 6. The van der Waals surface area contributed by atoms with Gasteiger partial charge in [0.1, 0.15) is 18.0 Å². The molecule has 20 heavy (non-hydrogen) atoms. The summed E-state index contributed by atoms with van der Waals surface area (Å²) in [6.07, 6.45) is 1.54. The van der Waals surface area contributed by atoms with Crippen LogP contribution in [0.5, 0.6) is 0 Å². The Kier molecular flexibility index (Phi) is 3.46. The van der Waals surface area contributed by atoms with Gasteiger partial charge in [0.25, 0.3) is 0 Å². The number of rotatable bonds is 3. The summed E-state index contributed by atoms with van der Waals surface area (Å²) in [6, 6.07) is 1.97. The third kappa shape index (κ3) is 2.85. The lowest BCUT2D eigenvalue weighted by molar-refractivity contribution is 0.244. The van der Waals surface area contributed by atoms with Crippen molar-refractivity contribution in [3.63, 3.8) is 0 Å². The summed E-state index contributed by atoms with van der Waals surface area (Å²) in [5, 5.41) is 6.75. The van der Waals surface area contributed by atoms with Crippen LogP contribution in [0.3, 0.4) is 0 Å². The van der Waals surface area contributed by atoms with Gasteiger partial charge in [0.05, 0.1) is 6.54 Å². The lowest BCUT2D eigenvalue weighted by Crippen LogP contribution is -2.46. The molecule has 106 valence electrons. The number of piperazine rings is 1. The highest BCUT2D eigenvalue weighted by atomic mass is 15.3. The molecule has 1 aliphatic heterocycles. The van der Waals surface area contributed by atoms with E-state index in [1.54, 1.807) is 0 Å². The van der Waals surface area contributed by atoms with Crippen LogP contribution in [-0.2, 0) is 6.54 Å². The van der Waals surface area contributed by atoms with Crippen molar-refractivity contribution in [1.82, 2.24) is 30.0 Å². The predicted molar refractivity (Wildman–Crippen MR) is 75.1 cm³/mol. The number of aromatic nitrogens is 5. The van der Waals surface area contributed by atoms with Crippen LogP contribution in [-0.4, -0.2) is 56.2 Å². The first-order valence-electron chi connectivity index (χ1n) is 6.63. The maximum absolute atomic E-state index is 5.71. The second kappa shape index (κ2) is 5.41. The summed E-state index contributed by atoms with van der Waals surface area (Å²) in [6.45, 7) is 6.50. The lowest BCUT2D eigenvalue weighted by Gasteiger charge is -2.34. The molecule has 2 aromatic rings. The maximum Gasteiger partial charge on any atom is 0.222 e. The summed E-state index contributed by atoms with van der Waals surface area (Å²) in [5.74, 6) is 2.15. The summed E-state index contributed by atoms with van der Waals surface area (Å²) in [7, 11) is 0. The molecule has 2 aromatic heterocycles. The summed E-state index contributed by atoms with van der Waals surface area (Å²) < 4.78 is 0. The average molecular weight is 274 g/mol. The lowest BCUT2D eigenvalue weighted by atomic mass is 10.3. The van der Waals surface area contributed by atoms with Crippen molar-refractivity contribution in [3.05, 3.63) is 23.9 Å². The molecule has 0 radical (unpaired) electrons. The van der Waals surface area contributed by atoms with Crippen LogP contribution in [0.25, 0.3) is 0 Å². The monoisotopic (exact) mass is 274 g/mol. The second-order valence-corrected chi connectivity index (χ2v) is 4.92. The molecule has 0 saturated carbocycles. The van der Waals surface area contributed by atoms with Crippen LogP contribution in [0.4, 0.5) is 11.8 Å². The molecule has 1 fully saturated rings. The normalized spacial score (nSPS) is 16.6. The van der Waals surface area contributed by atoms with Gasteiger partial charge in [-0.1, -0.05) is 0 Å². The predicted octanol–water partition coefficient (Wildman–Crippen LogP) is -0.192. The number of hydrogen-bond donors (Lipinski definition) is 2. The third-order valence-electron chi connectivity index (χ3n) is 3.39. The van der Waals surface area contributed by atoms with Gasteiger partial charge in [-0.15, -0.1) is 0 Å². The van der Waals surface area contributed by atoms with E-state index in [1.807, 2.05) is 13.0 Å². The van der Waals surface area contributed by atoms with Gasteiger partial charge in [-0.25, -0.2) is 9.97 Å². The molecule has 0 amide bonds. The van der Waals surface area contributed by atoms with Gasteiger partial charge < -0.3 is 10.6 Å². The van der Waals surface area contributed by atoms with Crippen molar-refractivity contribution in [3.8, 4) is 0 Å². The van der Waals surface area contributed by atoms with Crippen LogP contribution in [0.1, 0.15) is 11.5 Å². The number of H-pyrrole nitrogens is 1.